The van der Waals surface area contributed by atoms with Gasteiger partial charge < -0.3 is 19.1 Å². The fraction of sp³-hybridized carbons (Fsp3) is 0.889. The van der Waals surface area contributed by atoms with Crippen LogP contribution >= 0.6 is 0 Å². The Labute approximate surface area is 84.9 Å². The summed E-state index contributed by atoms with van der Waals surface area (Å²) in [5.41, 5.74) is 0. The van der Waals surface area contributed by atoms with Crippen LogP contribution in [0.2, 0.25) is 0 Å². The molecule has 0 fully saturated rings. The number of hydrogen-bond donors (Lipinski definition) is 0. The molecule has 84 valence electrons. The Hall–Kier alpha value is -0.810. The summed E-state index contributed by atoms with van der Waals surface area (Å²) in [5, 5.41) is 0. The Morgan fingerprint density at radius 2 is 1.93 bits per heavy atom. The molecule has 0 aromatic heterocycles. The minimum atomic E-state index is -0.355. The first kappa shape index (κ1) is 13.2. The molecule has 1 atom stereocenters. The third-order valence-electron chi connectivity index (χ3n) is 1.89. The predicted molar refractivity (Wildman–Crippen MR) is 52.3 cm³/mol. The molecule has 0 aliphatic heterocycles. The quantitative estimate of drug-likeness (QED) is 0.641. The van der Waals surface area contributed by atoms with E-state index in [9.17, 15) is 4.79 Å². The van der Waals surface area contributed by atoms with E-state index in [0.717, 1.165) is 0 Å². The Balaban J connectivity index is 4.14. The van der Waals surface area contributed by atoms with Crippen molar-refractivity contribution in [3.8, 4) is 0 Å². The third-order valence-corrected chi connectivity index (χ3v) is 1.89. The van der Waals surface area contributed by atoms with Gasteiger partial charge in [-0.3, -0.25) is 0 Å². The molecule has 0 aliphatic carbocycles. The molecular weight excluding hydrogens is 186 g/mol. The lowest BCUT2D eigenvalue weighted by molar-refractivity contribution is 0.0598. The molecule has 5 nitrogen and oxygen atoms in total. The van der Waals surface area contributed by atoms with Crippen LogP contribution in [0.15, 0.2) is 0 Å². The van der Waals surface area contributed by atoms with Gasteiger partial charge in [-0.1, -0.05) is 0 Å². The van der Waals surface area contributed by atoms with Gasteiger partial charge in [-0.2, -0.15) is 0 Å². The minimum absolute atomic E-state index is 0.0115. The number of carbonyl (C=O) groups is 1. The van der Waals surface area contributed by atoms with Crippen LogP contribution in [0.25, 0.3) is 0 Å². The summed E-state index contributed by atoms with van der Waals surface area (Å²) in [4.78, 5) is 12.9. The van der Waals surface area contributed by atoms with Crippen molar-refractivity contribution >= 4 is 6.09 Å². The fourth-order valence-corrected chi connectivity index (χ4v) is 1.13. The van der Waals surface area contributed by atoms with E-state index < -0.39 is 0 Å². The van der Waals surface area contributed by atoms with Crippen LogP contribution in [0.1, 0.15) is 6.92 Å². The highest BCUT2D eigenvalue weighted by Crippen LogP contribution is 2.02. The van der Waals surface area contributed by atoms with Crippen molar-refractivity contribution in [3.63, 3.8) is 0 Å². The van der Waals surface area contributed by atoms with Gasteiger partial charge in [0, 0.05) is 20.8 Å². The first-order valence-corrected chi connectivity index (χ1v) is 4.49. The monoisotopic (exact) mass is 205 g/mol. The van der Waals surface area contributed by atoms with E-state index in [1.807, 2.05) is 6.92 Å². The maximum Gasteiger partial charge on any atom is 0.409 e. The number of carbonyl (C=O) groups excluding carboxylic acids is 1. The molecule has 14 heavy (non-hydrogen) atoms. The summed E-state index contributed by atoms with van der Waals surface area (Å²) >= 11 is 0. The summed E-state index contributed by atoms with van der Waals surface area (Å²) in [6.45, 7) is 3.38. The number of amides is 1. The van der Waals surface area contributed by atoms with E-state index >= 15 is 0 Å². The second-order valence-electron chi connectivity index (χ2n) is 2.96. The SMILES string of the molecule is COCCN(C(=O)OC)C(C)COC. The highest BCUT2D eigenvalue weighted by atomic mass is 16.5. The van der Waals surface area contributed by atoms with E-state index in [0.29, 0.717) is 19.8 Å². The second kappa shape index (κ2) is 7.58. The second-order valence-corrected chi connectivity index (χ2v) is 2.96. The molecule has 0 saturated carbocycles. The zero-order valence-electron chi connectivity index (χ0n) is 9.28. The largest absolute Gasteiger partial charge is 0.453 e. The maximum atomic E-state index is 11.3. The average Bonchev–Trinajstić information content (AvgIpc) is 2.18. The molecular formula is C9H19NO4. The maximum absolute atomic E-state index is 11.3. The van der Waals surface area contributed by atoms with Crippen LogP contribution < -0.4 is 0 Å². The van der Waals surface area contributed by atoms with Crippen LogP contribution in [0, 0.1) is 0 Å². The molecule has 0 aliphatic rings. The molecule has 0 aromatic rings. The average molecular weight is 205 g/mol. The van der Waals surface area contributed by atoms with E-state index in [2.05, 4.69) is 4.74 Å². The molecule has 0 radical (unpaired) electrons. The first-order valence-electron chi connectivity index (χ1n) is 4.49. The van der Waals surface area contributed by atoms with Crippen LogP contribution in [0.4, 0.5) is 4.79 Å². The number of rotatable bonds is 6. The molecule has 0 bridgehead atoms. The van der Waals surface area contributed by atoms with Crippen LogP contribution in [-0.2, 0) is 14.2 Å². The van der Waals surface area contributed by atoms with Gasteiger partial charge in [0.15, 0.2) is 0 Å². The van der Waals surface area contributed by atoms with Gasteiger partial charge in [0.25, 0.3) is 0 Å². The van der Waals surface area contributed by atoms with E-state index in [4.69, 9.17) is 9.47 Å². The molecule has 1 unspecified atom stereocenters. The van der Waals surface area contributed by atoms with Crippen molar-refractivity contribution in [2.45, 2.75) is 13.0 Å². The molecule has 0 saturated heterocycles. The number of hydrogen-bond acceptors (Lipinski definition) is 4. The van der Waals surface area contributed by atoms with Crippen LogP contribution in [0.3, 0.4) is 0 Å². The summed E-state index contributed by atoms with van der Waals surface area (Å²) < 4.78 is 14.5. The first-order chi connectivity index (χ1) is 6.67. The van der Waals surface area contributed by atoms with Crippen molar-refractivity contribution in [1.29, 1.82) is 0 Å². The van der Waals surface area contributed by atoms with E-state index in [1.54, 1.807) is 19.1 Å². The summed E-state index contributed by atoms with van der Waals surface area (Å²) in [7, 11) is 4.56. The highest BCUT2D eigenvalue weighted by Gasteiger charge is 2.19. The normalized spacial score (nSPS) is 12.3. The number of nitrogens with zero attached hydrogens (tertiary/aromatic N) is 1. The fourth-order valence-electron chi connectivity index (χ4n) is 1.13. The van der Waals surface area contributed by atoms with Gasteiger partial charge in [-0.05, 0) is 6.92 Å². The third kappa shape index (κ3) is 4.43. The molecule has 5 heteroatoms. The van der Waals surface area contributed by atoms with Gasteiger partial charge in [0.1, 0.15) is 0 Å². The molecule has 0 N–H and O–H groups in total. The van der Waals surface area contributed by atoms with E-state index in [1.165, 1.54) is 7.11 Å². The topological polar surface area (TPSA) is 48.0 Å². The van der Waals surface area contributed by atoms with Crippen LogP contribution in [-0.4, -0.2) is 58.1 Å². The van der Waals surface area contributed by atoms with Crippen LogP contribution in [0.5, 0.6) is 0 Å². The van der Waals surface area contributed by atoms with Crippen molar-refractivity contribution in [2.75, 3.05) is 41.1 Å². The van der Waals surface area contributed by atoms with Gasteiger partial charge in [-0.25, -0.2) is 4.79 Å². The minimum Gasteiger partial charge on any atom is -0.453 e. The molecule has 0 aromatic carbocycles. The Bertz CT molecular complexity index is 163. The molecule has 0 rings (SSSR count). The summed E-state index contributed by atoms with van der Waals surface area (Å²) in [5.74, 6) is 0. The zero-order valence-corrected chi connectivity index (χ0v) is 9.28. The molecule has 0 spiro atoms. The van der Waals surface area contributed by atoms with Crippen molar-refractivity contribution in [3.05, 3.63) is 0 Å². The van der Waals surface area contributed by atoms with Gasteiger partial charge in [0.05, 0.1) is 26.4 Å². The lowest BCUT2D eigenvalue weighted by Crippen LogP contribution is -2.42. The Morgan fingerprint density at radius 3 is 2.36 bits per heavy atom. The van der Waals surface area contributed by atoms with Gasteiger partial charge >= 0.3 is 6.09 Å². The lowest BCUT2D eigenvalue weighted by atomic mass is 10.3. The Kier molecular flexibility index (Phi) is 7.14. The summed E-state index contributed by atoms with van der Waals surface area (Å²) in [6.07, 6.45) is -0.355. The summed E-state index contributed by atoms with van der Waals surface area (Å²) in [6, 6.07) is -0.0115. The number of ether oxygens (including phenoxy) is 3. The van der Waals surface area contributed by atoms with Crippen molar-refractivity contribution in [1.82, 2.24) is 4.90 Å². The zero-order chi connectivity index (χ0) is 11.0. The van der Waals surface area contributed by atoms with Crippen molar-refractivity contribution in [2.24, 2.45) is 0 Å². The van der Waals surface area contributed by atoms with Gasteiger partial charge in [0.2, 0.25) is 0 Å². The lowest BCUT2D eigenvalue weighted by Gasteiger charge is -2.26. The smallest absolute Gasteiger partial charge is 0.409 e. The highest BCUT2D eigenvalue weighted by molar-refractivity contribution is 5.67. The number of methoxy groups -OCH3 is 3. The van der Waals surface area contributed by atoms with Gasteiger partial charge in [-0.15, -0.1) is 0 Å². The Morgan fingerprint density at radius 1 is 1.29 bits per heavy atom. The standard InChI is InChI=1S/C9H19NO4/c1-8(7-13-3)10(5-6-12-2)9(11)14-4/h8H,5-7H2,1-4H3. The molecule has 1 amide bonds. The molecule has 0 heterocycles. The van der Waals surface area contributed by atoms with E-state index in [-0.39, 0.29) is 12.1 Å². The predicted octanol–water partition coefficient (Wildman–Crippen LogP) is 0.736. The van der Waals surface area contributed by atoms with Crippen molar-refractivity contribution < 1.29 is 19.0 Å².